The van der Waals surface area contributed by atoms with E-state index in [0.717, 1.165) is 12.3 Å². The van der Waals surface area contributed by atoms with Gasteiger partial charge in [0.05, 0.1) is 5.60 Å². The van der Waals surface area contributed by atoms with Crippen molar-refractivity contribution in [2.45, 2.75) is 52.6 Å². The highest BCUT2D eigenvalue weighted by atomic mass is 16.3. The van der Waals surface area contributed by atoms with Gasteiger partial charge < -0.3 is 5.11 Å². The first kappa shape index (κ1) is 8.55. The Bertz CT molecular complexity index is 217. The lowest BCUT2D eigenvalue weighted by Gasteiger charge is -2.43. The van der Waals surface area contributed by atoms with Gasteiger partial charge in [0.1, 0.15) is 0 Å². The summed E-state index contributed by atoms with van der Waals surface area (Å²) in [6.45, 7) is 8.94. The van der Waals surface area contributed by atoms with Crippen molar-refractivity contribution in [3.05, 3.63) is 0 Å². The minimum Gasteiger partial charge on any atom is -0.390 e. The molecule has 0 aromatic carbocycles. The summed E-state index contributed by atoms with van der Waals surface area (Å²) in [5.74, 6) is 0.748. The third-order valence-corrected chi connectivity index (χ3v) is 5.27. The highest BCUT2D eigenvalue weighted by molar-refractivity contribution is 5.16. The van der Waals surface area contributed by atoms with E-state index in [1.54, 1.807) is 0 Å². The number of aliphatic hydroxyl groups is 1. The molecule has 0 heterocycles. The van der Waals surface area contributed by atoms with Crippen molar-refractivity contribution in [2.24, 2.45) is 16.7 Å². The predicted molar refractivity (Wildman–Crippen MR) is 49.9 cm³/mol. The van der Waals surface area contributed by atoms with Crippen molar-refractivity contribution in [1.29, 1.82) is 0 Å². The minimum atomic E-state index is -0.417. The molecule has 0 amide bonds. The summed E-state index contributed by atoms with van der Waals surface area (Å²) < 4.78 is 0. The molecule has 0 radical (unpaired) electrons. The monoisotopic (exact) mass is 168 g/mol. The summed E-state index contributed by atoms with van der Waals surface area (Å²) in [5, 5.41) is 10.3. The summed E-state index contributed by atoms with van der Waals surface area (Å²) in [6.07, 6.45) is 3.54. The van der Waals surface area contributed by atoms with Crippen LogP contribution in [0.1, 0.15) is 47.0 Å². The highest BCUT2D eigenvalue weighted by Gasteiger charge is 2.66. The van der Waals surface area contributed by atoms with E-state index in [0.29, 0.717) is 5.41 Å². The van der Waals surface area contributed by atoms with Crippen LogP contribution in [0.2, 0.25) is 0 Å². The van der Waals surface area contributed by atoms with Gasteiger partial charge in [0.2, 0.25) is 0 Å². The molecule has 12 heavy (non-hydrogen) atoms. The summed E-state index contributed by atoms with van der Waals surface area (Å²) >= 11 is 0. The summed E-state index contributed by atoms with van der Waals surface area (Å²) in [7, 11) is 0. The molecule has 1 unspecified atom stereocenters. The quantitative estimate of drug-likeness (QED) is 0.589. The van der Waals surface area contributed by atoms with E-state index in [4.69, 9.17) is 0 Å². The van der Waals surface area contributed by atoms with E-state index >= 15 is 0 Å². The third kappa shape index (κ3) is 0.654. The molecule has 0 aromatic rings. The van der Waals surface area contributed by atoms with Crippen LogP contribution in [0.5, 0.6) is 0 Å². The fourth-order valence-corrected chi connectivity index (χ4v) is 3.62. The van der Waals surface area contributed by atoms with Crippen LogP contribution < -0.4 is 0 Å². The van der Waals surface area contributed by atoms with Crippen molar-refractivity contribution in [2.75, 3.05) is 0 Å². The Morgan fingerprint density at radius 2 is 1.75 bits per heavy atom. The van der Waals surface area contributed by atoms with Gasteiger partial charge in [-0.25, -0.2) is 0 Å². The van der Waals surface area contributed by atoms with Gasteiger partial charge in [-0.15, -0.1) is 0 Å². The Hall–Kier alpha value is -0.0400. The number of hydrogen-bond acceptors (Lipinski definition) is 1. The van der Waals surface area contributed by atoms with E-state index in [2.05, 4.69) is 20.8 Å². The molecule has 0 spiro atoms. The molecule has 1 N–H and O–H groups in total. The van der Waals surface area contributed by atoms with Crippen LogP contribution in [-0.4, -0.2) is 10.7 Å². The smallest absolute Gasteiger partial charge is 0.0681 e. The average molecular weight is 168 g/mol. The number of rotatable bonds is 0. The van der Waals surface area contributed by atoms with Crippen molar-refractivity contribution in [3.8, 4) is 0 Å². The van der Waals surface area contributed by atoms with Gasteiger partial charge in [0.25, 0.3) is 0 Å². The van der Waals surface area contributed by atoms with Crippen LogP contribution in [0.4, 0.5) is 0 Å². The molecule has 1 nitrogen and oxygen atoms in total. The summed E-state index contributed by atoms with van der Waals surface area (Å²) in [4.78, 5) is 0. The normalized spacial score (nSPS) is 56.2. The van der Waals surface area contributed by atoms with Crippen LogP contribution in [0, 0.1) is 16.7 Å². The van der Waals surface area contributed by atoms with Gasteiger partial charge >= 0.3 is 0 Å². The molecule has 2 rings (SSSR count). The van der Waals surface area contributed by atoms with Crippen LogP contribution in [0.15, 0.2) is 0 Å². The zero-order valence-electron chi connectivity index (χ0n) is 8.65. The topological polar surface area (TPSA) is 20.2 Å². The minimum absolute atomic E-state index is 0.157. The maximum atomic E-state index is 10.3. The Morgan fingerprint density at radius 3 is 1.92 bits per heavy atom. The Morgan fingerprint density at radius 1 is 1.17 bits per heavy atom. The molecule has 2 aliphatic carbocycles. The Labute approximate surface area is 75.2 Å². The highest BCUT2D eigenvalue weighted by Crippen LogP contribution is 2.69. The summed E-state index contributed by atoms with van der Waals surface area (Å²) in [6, 6.07) is 0. The van der Waals surface area contributed by atoms with Crippen LogP contribution in [-0.2, 0) is 0 Å². The lowest BCUT2D eigenvalue weighted by Crippen LogP contribution is -2.44. The van der Waals surface area contributed by atoms with Crippen molar-refractivity contribution >= 4 is 0 Å². The zero-order chi connectivity index (χ0) is 9.20. The van der Waals surface area contributed by atoms with Gasteiger partial charge in [-0.05, 0) is 37.5 Å². The lowest BCUT2D eigenvalue weighted by molar-refractivity contribution is -0.0745. The molecule has 0 aromatic heterocycles. The number of hydrogen-bond donors (Lipinski definition) is 1. The van der Waals surface area contributed by atoms with E-state index in [1.165, 1.54) is 12.8 Å². The molecular formula is C11H20O. The fourth-order valence-electron chi connectivity index (χ4n) is 3.62. The van der Waals surface area contributed by atoms with E-state index in [1.807, 2.05) is 6.92 Å². The van der Waals surface area contributed by atoms with Gasteiger partial charge in [-0.3, -0.25) is 0 Å². The van der Waals surface area contributed by atoms with Gasteiger partial charge in [-0.2, -0.15) is 0 Å². The molecule has 0 saturated heterocycles. The van der Waals surface area contributed by atoms with Gasteiger partial charge in [-0.1, -0.05) is 20.8 Å². The standard InChI is InChI=1S/C11H20O/c1-9(2)8-5-6-10(9,3)11(4,12)7-8/h8,12H,5-7H2,1-4H3/t8?,10-,11-/m1/s1. The van der Waals surface area contributed by atoms with E-state index < -0.39 is 5.60 Å². The average Bonchev–Trinajstić information content (AvgIpc) is 2.18. The van der Waals surface area contributed by atoms with E-state index in [9.17, 15) is 5.11 Å². The Balaban J connectivity index is 2.47. The maximum absolute atomic E-state index is 10.3. The predicted octanol–water partition coefficient (Wildman–Crippen LogP) is 2.58. The van der Waals surface area contributed by atoms with Crippen molar-refractivity contribution < 1.29 is 5.11 Å². The molecule has 3 atom stereocenters. The second-order valence-corrected chi connectivity index (χ2v) is 5.77. The molecule has 2 fully saturated rings. The third-order valence-electron chi connectivity index (χ3n) is 5.27. The first-order valence-electron chi connectivity index (χ1n) is 5.04. The van der Waals surface area contributed by atoms with Gasteiger partial charge in [0.15, 0.2) is 0 Å². The van der Waals surface area contributed by atoms with Crippen molar-refractivity contribution in [1.82, 2.24) is 0 Å². The fraction of sp³-hybridized carbons (Fsp3) is 1.00. The molecule has 1 heteroatoms. The molecule has 2 aliphatic rings. The van der Waals surface area contributed by atoms with Crippen LogP contribution in [0.3, 0.4) is 0 Å². The van der Waals surface area contributed by atoms with Crippen molar-refractivity contribution in [3.63, 3.8) is 0 Å². The second kappa shape index (κ2) is 1.89. The largest absolute Gasteiger partial charge is 0.390 e. The first-order valence-corrected chi connectivity index (χ1v) is 5.04. The van der Waals surface area contributed by atoms with Gasteiger partial charge in [0, 0.05) is 5.41 Å². The second-order valence-electron chi connectivity index (χ2n) is 5.77. The molecule has 70 valence electrons. The zero-order valence-corrected chi connectivity index (χ0v) is 8.65. The lowest BCUT2D eigenvalue weighted by atomic mass is 9.65. The molecule has 2 saturated carbocycles. The van der Waals surface area contributed by atoms with E-state index in [-0.39, 0.29) is 5.41 Å². The molecule has 0 aliphatic heterocycles. The molecular weight excluding hydrogens is 148 g/mol. The maximum Gasteiger partial charge on any atom is 0.0681 e. The van der Waals surface area contributed by atoms with Crippen LogP contribution >= 0.6 is 0 Å². The Kier molecular flexibility index (Phi) is 1.35. The SMILES string of the molecule is CC1(C)C2CC[C@@]1(C)[C@](C)(O)C2. The summed E-state index contributed by atoms with van der Waals surface area (Å²) in [5.41, 5.74) is 0.0839. The first-order chi connectivity index (χ1) is 5.31. The number of fused-ring (bicyclic) bond motifs is 2. The van der Waals surface area contributed by atoms with Crippen LogP contribution in [0.25, 0.3) is 0 Å². The molecule has 2 bridgehead atoms.